The molecule has 0 radical (unpaired) electrons. The average molecular weight is 307 g/mol. The summed E-state index contributed by atoms with van der Waals surface area (Å²) in [6, 6.07) is 1.17. The van der Waals surface area contributed by atoms with Crippen molar-refractivity contribution in [1.82, 2.24) is 14.5 Å². The van der Waals surface area contributed by atoms with Crippen LogP contribution < -0.4 is 11.2 Å². The third-order valence-electron chi connectivity index (χ3n) is 4.85. The van der Waals surface area contributed by atoms with Crippen molar-refractivity contribution in [3.05, 3.63) is 33.1 Å². The Morgan fingerprint density at radius 3 is 2.82 bits per heavy atom. The first-order valence-corrected chi connectivity index (χ1v) is 7.23. The van der Waals surface area contributed by atoms with Gasteiger partial charge in [0.25, 0.3) is 5.56 Å². The summed E-state index contributed by atoms with van der Waals surface area (Å²) in [6.07, 6.45) is 3.55. The molecule has 8 heteroatoms. The van der Waals surface area contributed by atoms with Crippen molar-refractivity contribution in [2.45, 2.75) is 25.8 Å². The van der Waals surface area contributed by atoms with E-state index in [1.54, 1.807) is 0 Å². The highest BCUT2D eigenvalue weighted by Crippen LogP contribution is 2.48. The molecule has 1 aromatic rings. The molecule has 2 fully saturated rings. The van der Waals surface area contributed by atoms with Crippen LogP contribution in [0.5, 0.6) is 0 Å². The lowest BCUT2D eigenvalue weighted by Gasteiger charge is -2.23. The molecular weight excluding hydrogens is 290 g/mol. The molecule has 1 amide bonds. The molecule has 22 heavy (non-hydrogen) atoms. The summed E-state index contributed by atoms with van der Waals surface area (Å²) in [7, 11) is 0. The van der Waals surface area contributed by atoms with Gasteiger partial charge < -0.3 is 10.0 Å². The van der Waals surface area contributed by atoms with Gasteiger partial charge in [0.05, 0.1) is 5.41 Å². The number of aliphatic carboxylic acids is 1. The Morgan fingerprint density at radius 1 is 1.41 bits per heavy atom. The van der Waals surface area contributed by atoms with Crippen molar-refractivity contribution < 1.29 is 14.7 Å². The van der Waals surface area contributed by atoms with Gasteiger partial charge in [-0.1, -0.05) is 6.42 Å². The molecule has 1 aliphatic heterocycles. The molecule has 1 saturated heterocycles. The predicted molar refractivity (Wildman–Crippen MR) is 75.3 cm³/mol. The van der Waals surface area contributed by atoms with Crippen molar-refractivity contribution in [2.24, 2.45) is 11.3 Å². The lowest BCUT2D eigenvalue weighted by molar-refractivity contribution is -0.149. The number of hydrogen-bond acceptors (Lipinski definition) is 4. The number of likely N-dealkylation sites (tertiary alicyclic amines) is 1. The number of hydrogen-bond donors (Lipinski definition) is 2. The van der Waals surface area contributed by atoms with Crippen LogP contribution in [0.3, 0.4) is 0 Å². The Bertz CT molecular complexity index is 736. The first-order chi connectivity index (χ1) is 10.4. The van der Waals surface area contributed by atoms with Crippen LogP contribution in [0.25, 0.3) is 0 Å². The second-order valence-electron chi connectivity index (χ2n) is 6.06. The summed E-state index contributed by atoms with van der Waals surface area (Å²) in [5.74, 6) is -1.16. The van der Waals surface area contributed by atoms with Gasteiger partial charge >= 0.3 is 11.7 Å². The van der Waals surface area contributed by atoms with Gasteiger partial charge in [0.2, 0.25) is 5.91 Å². The van der Waals surface area contributed by atoms with E-state index in [1.807, 2.05) is 0 Å². The van der Waals surface area contributed by atoms with Gasteiger partial charge in [-0.3, -0.25) is 23.9 Å². The van der Waals surface area contributed by atoms with Crippen LogP contribution in [-0.2, 0) is 16.1 Å². The minimum atomic E-state index is -0.841. The molecule has 1 aliphatic carbocycles. The second-order valence-corrected chi connectivity index (χ2v) is 6.06. The van der Waals surface area contributed by atoms with E-state index in [-0.39, 0.29) is 24.9 Å². The number of carbonyl (C=O) groups is 2. The van der Waals surface area contributed by atoms with Crippen LogP contribution in [0.4, 0.5) is 0 Å². The van der Waals surface area contributed by atoms with E-state index in [2.05, 4.69) is 4.98 Å². The van der Waals surface area contributed by atoms with E-state index in [1.165, 1.54) is 17.2 Å². The number of nitrogens with zero attached hydrogens (tertiary/aromatic N) is 2. The summed E-state index contributed by atoms with van der Waals surface area (Å²) in [5, 5.41) is 9.51. The summed E-state index contributed by atoms with van der Waals surface area (Å²) >= 11 is 0. The maximum absolute atomic E-state index is 12.3. The van der Waals surface area contributed by atoms with Crippen molar-refractivity contribution in [2.75, 3.05) is 13.1 Å². The molecule has 0 unspecified atom stereocenters. The Hall–Kier alpha value is -2.38. The van der Waals surface area contributed by atoms with Crippen molar-refractivity contribution >= 4 is 11.9 Å². The fourth-order valence-corrected chi connectivity index (χ4v) is 3.64. The van der Waals surface area contributed by atoms with E-state index < -0.39 is 22.6 Å². The quantitative estimate of drug-likeness (QED) is 0.763. The number of carboxylic acid groups (broad SMARTS) is 1. The van der Waals surface area contributed by atoms with Gasteiger partial charge in [-0.25, -0.2) is 4.79 Å². The Balaban J connectivity index is 1.76. The summed E-state index contributed by atoms with van der Waals surface area (Å²) in [5.41, 5.74) is -1.99. The van der Waals surface area contributed by atoms with Crippen LogP contribution in [0.15, 0.2) is 21.9 Å². The number of aromatic nitrogens is 2. The zero-order valence-corrected chi connectivity index (χ0v) is 11.9. The zero-order valence-electron chi connectivity index (χ0n) is 11.9. The van der Waals surface area contributed by atoms with Crippen LogP contribution in [0.2, 0.25) is 0 Å². The summed E-state index contributed by atoms with van der Waals surface area (Å²) in [4.78, 5) is 50.1. The van der Waals surface area contributed by atoms with E-state index in [9.17, 15) is 24.3 Å². The molecule has 3 rings (SSSR count). The van der Waals surface area contributed by atoms with Crippen LogP contribution in [0, 0.1) is 11.3 Å². The Labute approximate surface area is 125 Å². The van der Waals surface area contributed by atoms with Gasteiger partial charge in [0.1, 0.15) is 6.54 Å². The van der Waals surface area contributed by atoms with E-state index in [4.69, 9.17) is 0 Å². The molecule has 2 aliphatic rings. The Kier molecular flexibility index (Phi) is 3.38. The van der Waals surface area contributed by atoms with Crippen molar-refractivity contribution in [3.8, 4) is 0 Å². The van der Waals surface area contributed by atoms with Gasteiger partial charge in [-0.05, 0) is 18.8 Å². The zero-order chi connectivity index (χ0) is 15.9. The minimum absolute atomic E-state index is 0.0127. The number of rotatable bonds is 3. The topological polar surface area (TPSA) is 112 Å². The highest BCUT2D eigenvalue weighted by molar-refractivity contribution is 5.81. The largest absolute Gasteiger partial charge is 0.481 e. The van der Waals surface area contributed by atoms with Crippen molar-refractivity contribution in [1.29, 1.82) is 0 Å². The lowest BCUT2D eigenvalue weighted by Crippen LogP contribution is -2.40. The standard InChI is InChI=1S/C14H17N3O5/c18-10-3-5-16(13(22)15-10)7-11(19)17-6-9-2-1-4-14(9,8-17)12(20)21/h3,5,9H,1-2,4,6-8H2,(H,20,21)(H,15,18,22)/t9-,14+/m0/s1. The second kappa shape index (κ2) is 5.11. The number of aromatic amines is 1. The van der Waals surface area contributed by atoms with E-state index >= 15 is 0 Å². The van der Waals surface area contributed by atoms with Crippen LogP contribution in [-0.4, -0.2) is 44.5 Å². The highest BCUT2D eigenvalue weighted by atomic mass is 16.4. The number of fused-ring (bicyclic) bond motifs is 1. The number of H-pyrrole nitrogens is 1. The smallest absolute Gasteiger partial charge is 0.328 e. The fraction of sp³-hybridized carbons (Fsp3) is 0.571. The third kappa shape index (κ3) is 2.24. The number of amides is 1. The first kappa shape index (κ1) is 14.6. The molecular formula is C14H17N3O5. The predicted octanol–water partition coefficient (Wildman–Crippen LogP) is -0.750. The molecule has 118 valence electrons. The third-order valence-corrected chi connectivity index (χ3v) is 4.85. The van der Waals surface area contributed by atoms with Crippen LogP contribution in [0.1, 0.15) is 19.3 Å². The number of nitrogens with one attached hydrogen (secondary N) is 1. The van der Waals surface area contributed by atoms with Gasteiger partial charge in [-0.2, -0.15) is 0 Å². The summed E-state index contributed by atoms with van der Waals surface area (Å²) < 4.78 is 1.12. The molecule has 2 N–H and O–H groups in total. The number of carbonyl (C=O) groups excluding carboxylic acids is 1. The maximum atomic E-state index is 12.3. The number of carboxylic acids is 1. The van der Waals surface area contributed by atoms with Crippen LogP contribution >= 0.6 is 0 Å². The van der Waals surface area contributed by atoms with E-state index in [0.29, 0.717) is 13.0 Å². The molecule has 2 heterocycles. The normalized spacial score (nSPS) is 26.9. The minimum Gasteiger partial charge on any atom is -0.481 e. The maximum Gasteiger partial charge on any atom is 0.328 e. The monoisotopic (exact) mass is 307 g/mol. The average Bonchev–Trinajstić information content (AvgIpc) is 2.99. The van der Waals surface area contributed by atoms with Gasteiger partial charge in [0, 0.05) is 25.4 Å². The highest BCUT2D eigenvalue weighted by Gasteiger charge is 2.55. The van der Waals surface area contributed by atoms with Gasteiger partial charge in [-0.15, -0.1) is 0 Å². The SMILES string of the molecule is O=C(Cn1ccc(=O)[nH]c1=O)N1C[C@@H]2CCC[C@@]2(C(=O)O)C1. The van der Waals surface area contributed by atoms with Crippen molar-refractivity contribution in [3.63, 3.8) is 0 Å². The first-order valence-electron chi connectivity index (χ1n) is 7.23. The molecule has 2 atom stereocenters. The summed E-state index contributed by atoms with van der Waals surface area (Å²) in [6.45, 7) is 0.422. The molecule has 1 aromatic heterocycles. The van der Waals surface area contributed by atoms with E-state index in [0.717, 1.165) is 17.4 Å². The fourth-order valence-electron chi connectivity index (χ4n) is 3.64. The molecule has 0 bridgehead atoms. The Morgan fingerprint density at radius 2 is 2.18 bits per heavy atom. The molecule has 8 nitrogen and oxygen atoms in total. The molecule has 1 saturated carbocycles. The molecule has 0 aromatic carbocycles. The lowest BCUT2D eigenvalue weighted by atomic mass is 9.81. The van der Waals surface area contributed by atoms with Gasteiger partial charge in [0.15, 0.2) is 0 Å². The molecule has 0 spiro atoms.